The Morgan fingerprint density at radius 1 is 1.50 bits per heavy atom. The first-order valence-electron chi connectivity index (χ1n) is 2.36. The minimum absolute atomic E-state index is 0. The highest BCUT2D eigenvalue weighted by Crippen LogP contribution is 2.01. The van der Waals surface area contributed by atoms with Gasteiger partial charge in [0, 0.05) is 6.07 Å². The summed E-state index contributed by atoms with van der Waals surface area (Å²) < 4.78 is 0. The molecule has 0 aliphatic carbocycles. The van der Waals surface area contributed by atoms with Crippen LogP contribution in [0.1, 0.15) is 0 Å². The zero-order chi connectivity index (χ0) is 6.69. The molecule has 1 aromatic heterocycles. The largest absolute Gasteiger partial charge is 0.363 e. The molecule has 0 aliphatic rings. The Hall–Kier alpha value is -1.52. The third kappa shape index (κ3) is 1.77. The van der Waals surface area contributed by atoms with Crippen LogP contribution in [0.5, 0.6) is 0 Å². The third-order valence-electron chi connectivity index (χ3n) is 0.836. The number of pyridine rings is 1. The van der Waals surface area contributed by atoms with E-state index in [0.29, 0.717) is 0 Å². The van der Waals surface area contributed by atoms with Gasteiger partial charge in [-0.3, -0.25) is 4.70 Å². The number of nitro groups is 1. The molecular weight excluding hydrogens is 139 g/mol. The van der Waals surface area contributed by atoms with Gasteiger partial charge >= 0.3 is 5.82 Å². The topological polar surface area (TPSA) is 56.0 Å². The highest BCUT2D eigenvalue weighted by molar-refractivity contribution is 5.16. The Bertz CT molecular complexity index is 214. The molecule has 0 amide bonds. The lowest BCUT2D eigenvalue weighted by atomic mass is 10.5. The van der Waals surface area contributed by atoms with E-state index < -0.39 is 4.92 Å². The van der Waals surface area contributed by atoms with Gasteiger partial charge in [-0.15, -0.1) is 0 Å². The van der Waals surface area contributed by atoms with Crippen LogP contribution in [0.4, 0.5) is 10.5 Å². The van der Waals surface area contributed by atoms with E-state index in [1.807, 2.05) is 0 Å². The summed E-state index contributed by atoms with van der Waals surface area (Å²) in [6.07, 6.45) is 1.39. The van der Waals surface area contributed by atoms with Gasteiger partial charge in [-0.1, -0.05) is 6.07 Å². The monoisotopic (exact) mass is 144 g/mol. The van der Waals surface area contributed by atoms with E-state index in [2.05, 4.69) is 4.98 Å². The van der Waals surface area contributed by atoms with Crippen LogP contribution in [0.2, 0.25) is 0 Å². The minimum Gasteiger partial charge on any atom is -0.358 e. The van der Waals surface area contributed by atoms with Crippen molar-refractivity contribution in [3.63, 3.8) is 0 Å². The molecule has 0 bridgehead atoms. The van der Waals surface area contributed by atoms with Crippen molar-refractivity contribution in [1.82, 2.24) is 4.98 Å². The summed E-state index contributed by atoms with van der Waals surface area (Å²) in [4.78, 5) is 12.9. The van der Waals surface area contributed by atoms with E-state index in [0.717, 1.165) is 0 Å². The normalized spacial score (nSPS) is 8.00. The van der Waals surface area contributed by atoms with Gasteiger partial charge in [0.1, 0.15) is 6.20 Å². The number of aromatic nitrogens is 1. The Morgan fingerprint density at radius 3 is 2.50 bits per heavy atom. The third-order valence-corrected chi connectivity index (χ3v) is 0.836. The Balaban J connectivity index is 0.000000810. The van der Waals surface area contributed by atoms with Crippen molar-refractivity contribution in [3.05, 3.63) is 34.5 Å². The number of halogens is 1. The maximum atomic E-state index is 9.94. The van der Waals surface area contributed by atoms with Crippen molar-refractivity contribution in [2.24, 2.45) is 0 Å². The molecule has 54 valence electrons. The molecule has 10 heavy (non-hydrogen) atoms. The van der Waals surface area contributed by atoms with Gasteiger partial charge in [0.05, 0.1) is 0 Å². The van der Waals surface area contributed by atoms with Gasteiger partial charge < -0.3 is 10.1 Å². The SMILES string of the molecule is F.O=[N+]([O-])c1ccccn1. The lowest BCUT2D eigenvalue weighted by molar-refractivity contribution is -0.389. The number of nitrogens with zero attached hydrogens (tertiary/aromatic N) is 2. The summed E-state index contributed by atoms with van der Waals surface area (Å²) in [6, 6.07) is 4.55. The fraction of sp³-hybridized carbons (Fsp3) is 0. The fourth-order valence-electron chi connectivity index (χ4n) is 0.462. The predicted octanol–water partition coefficient (Wildman–Crippen LogP) is 1.14. The van der Waals surface area contributed by atoms with E-state index in [9.17, 15) is 10.1 Å². The van der Waals surface area contributed by atoms with Crippen molar-refractivity contribution < 1.29 is 9.63 Å². The molecule has 0 aromatic carbocycles. The van der Waals surface area contributed by atoms with Crippen molar-refractivity contribution in [2.75, 3.05) is 0 Å². The van der Waals surface area contributed by atoms with Crippen LogP contribution in [0, 0.1) is 10.1 Å². The minimum atomic E-state index is -0.528. The van der Waals surface area contributed by atoms with Gasteiger partial charge in [0.2, 0.25) is 0 Å². The molecule has 0 radical (unpaired) electrons. The zero-order valence-corrected chi connectivity index (χ0v) is 4.93. The molecule has 0 N–H and O–H groups in total. The average molecular weight is 144 g/mol. The van der Waals surface area contributed by atoms with Crippen molar-refractivity contribution >= 4 is 5.82 Å². The molecule has 0 atom stereocenters. The van der Waals surface area contributed by atoms with E-state index in [-0.39, 0.29) is 10.5 Å². The highest BCUT2D eigenvalue weighted by Gasteiger charge is 2.00. The predicted molar refractivity (Wildman–Crippen MR) is 33.4 cm³/mol. The standard InChI is InChI=1S/C5H4N2O2.FH/c8-7(9)5-3-1-2-4-6-5;/h1-4H;1H. The summed E-state index contributed by atoms with van der Waals surface area (Å²) in [5.74, 6) is -0.113. The summed E-state index contributed by atoms with van der Waals surface area (Å²) in [6.45, 7) is 0. The summed E-state index contributed by atoms with van der Waals surface area (Å²) >= 11 is 0. The number of hydrogen-bond acceptors (Lipinski definition) is 3. The van der Waals surface area contributed by atoms with Gasteiger partial charge in [0.25, 0.3) is 0 Å². The fourth-order valence-corrected chi connectivity index (χ4v) is 0.462. The Kier molecular flexibility index (Phi) is 2.96. The summed E-state index contributed by atoms with van der Waals surface area (Å²) in [7, 11) is 0. The Labute approximate surface area is 56.0 Å². The molecule has 0 aliphatic heterocycles. The van der Waals surface area contributed by atoms with Crippen molar-refractivity contribution in [1.29, 1.82) is 0 Å². The molecule has 0 unspecified atom stereocenters. The van der Waals surface area contributed by atoms with Gasteiger partial charge in [-0.2, -0.15) is 0 Å². The molecule has 0 saturated carbocycles. The second-order valence-electron chi connectivity index (χ2n) is 1.45. The second kappa shape index (κ2) is 3.49. The van der Waals surface area contributed by atoms with Crippen LogP contribution < -0.4 is 0 Å². The zero-order valence-electron chi connectivity index (χ0n) is 4.93. The van der Waals surface area contributed by atoms with Crippen LogP contribution in [0.15, 0.2) is 24.4 Å². The lowest BCUT2D eigenvalue weighted by Crippen LogP contribution is -1.88. The van der Waals surface area contributed by atoms with E-state index in [1.54, 1.807) is 12.1 Å². The Morgan fingerprint density at radius 2 is 2.20 bits per heavy atom. The first-order valence-corrected chi connectivity index (χ1v) is 2.36. The lowest BCUT2D eigenvalue weighted by Gasteiger charge is -1.86. The van der Waals surface area contributed by atoms with Crippen LogP contribution in [0.3, 0.4) is 0 Å². The van der Waals surface area contributed by atoms with E-state index >= 15 is 0 Å². The summed E-state index contributed by atoms with van der Waals surface area (Å²) in [5, 5.41) is 9.94. The smallest absolute Gasteiger partial charge is 0.358 e. The van der Waals surface area contributed by atoms with Crippen LogP contribution in [-0.2, 0) is 0 Å². The highest BCUT2D eigenvalue weighted by atomic mass is 19.0. The molecule has 5 heteroatoms. The molecule has 4 nitrogen and oxygen atoms in total. The van der Waals surface area contributed by atoms with E-state index in [1.165, 1.54) is 12.3 Å². The molecule has 1 heterocycles. The number of hydrogen-bond donors (Lipinski definition) is 0. The first kappa shape index (κ1) is 8.48. The molecule has 1 rings (SSSR count). The van der Waals surface area contributed by atoms with E-state index in [4.69, 9.17) is 0 Å². The molecule has 0 saturated heterocycles. The first-order chi connectivity index (χ1) is 4.30. The average Bonchev–Trinajstić information content (AvgIpc) is 1.90. The maximum absolute atomic E-state index is 9.94. The quantitative estimate of drug-likeness (QED) is 0.438. The van der Waals surface area contributed by atoms with Crippen LogP contribution in [0.25, 0.3) is 0 Å². The van der Waals surface area contributed by atoms with Gasteiger partial charge in [-0.25, -0.2) is 0 Å². The molecule has 0 spiro atoms. The molecule has 0 fully saturated rings. The van der Waals surface area contributed by atoms with Gasteiger partial charge in [0.15, 0.2) is 0 Å². The second-order valence-corrected chi connectivity index (χ2v) is 1.45. The van der Waals surface area contributed by atoms with Crippen LogP contribution >= 0.6 is 0 Å². The van der Waals surface area contributed by atoms with Gasteiger partial charge in [-0.05, 0) is 16.0 Å². The van der Waals surface area contributed by atoms with Crippen molar-refractivity contribution in [3.8, 4) is 0 Å². The molecule has 1 aromatic rings. The number of rotatable bonds is 1. The maximum Gasteiger partial charge on any atom is 0.363 e. The van der Waals surface area contributed by atoms with Crippen LogP contribution in [-0.4, -0.2) is 9.91 Å². The summed E-state index contributed by atoms with van der Waals surface area (Å²) in [5.41, 5.74) is 0. The van der Waals surface area contributed by atoms with Crippen molar-refractivity contribution in [2.45, 2.75) is 0 Å². The molecular formula is C5H5FN2O2.